The first-order valence-electron chi connectivity index (χ1n) is 9.74. The normalized spacial score (nSPS) is 12.5. The third kappa shape index (κ3) is 5.44. The molecular formula is C22H25N3O6. The first-order valence-corrected chi connectivity index (χ1v) is 9.74. The van der Waals surface area contributed by atoms with E-state index in [4.69, 9.17) is 14.2 Å². The van der Waals surface area contributed by atoms with E-state index in [0.29, 0.717) is 28.4 Å². The van der Waals surface area contributed by atoms with Gasteiger partial charge in [0.1, 0.15) is 0 Å². The SMILES string of the molecule is COC(=O)c1cc(OC)c(OC)cc1NCC(=O)Nc1ccccc1C(=O)NC1CC1. The van der Waals surface area contributed by atoms with Crippen molar-refractivity contribution in [2.24, 2.45) is 0 Å². The number of esters is 1. The van der Waals surface area contributed by atoms with Gasteiger partial charge in [-0.1, -0.05) is 12.1 Å². The summed E-state index contributed by atoms with van der Waals surface area (Å²) in [5.41, 5.74) is 1.34. The molecule has 1 aliphatic rings. The van der Waals surface area contributed by atoms with Gasteiger partial charge in [-0.3, -0.25) is 9.59 Å². The van der Waals surface area contributed by atoms with Crippen molar-refractivity contribution in [3.63, 3.8) is 0 Å². The number of ether oxygens (including phenoxy) is 3. The van der Waals surface area contributed by atoms with Crippen LogP contribution in [0.2, 0.25) is 0 Å². The number of para-hydroxylation sites is 1. The molecular weight excluding hydrogens is 402 g/mol. The van der Waals surface area contributed by atoms with Crippen molar-refractivity contribution in [3.05, 3.63) is 47.5 Å². The number of methoxy groups -OCH3 is 3. The van der Waals surface area contributed by atoms with Crippen LogP contribution < -0.4 is 25.4 Å². The molecule has 0 saturated heterocycles. The van der Waals surface area contributed by atoms with Crippen LogP contribution in [0.3, 0.4) is 0 Å². The summed E-state index contributed by atoms with van der Waals surface area (Å²) in [6.07, 6.45) is 1.94. The van der Waals surface area contributed by atoms with Crippen LogP contribution in [0.1, 0.15) is 33.6 Å². The maximum absolute atomic E-state index is 12.5. The number of hydrogen-bond acceptors (Lipinski definition) is 7. The van der Waals surface area contributed by atoms with Crippen LogP contribution in [-0.2, 0) is 9.53 Å². The van der Waals surface area contributed by atoms with Crippen LogP contribution in [0.4, 0.5) is 11.4 Å². The van der Waals surface area contributed by atoms with Gasteiger partial charge in [0.25, 0.3) is 5.91 Å². The van der Waals surface area contributed by atoms with Gasteiger partial charge in [0.2, 0.25) is 5.91 Å². The van der Waals surface area contributed by atoms with E-state index in [1.165, 1.54) is 27.4 Å². The number of amides is 2. The van der Waals surface area contributed by atoms with Gasteiger partial charge in [-0.05, 0) is 25.0 Å². The smallest absolute Gasteiger partial charge is 0.340 e. The maximum Gasteiger partial charge on any atom is 0.340 e. The van der Waals surface area contributed by atoms with Crippen molar-refractivity contribution in [1.82, 2.24) is 5.32 Å². The molecule has 31 heavy (non-hydrogen) atoms. The van der Waals surface area contributed by atoms with E-state index in [9.17, 15) is 14.4 Å². The molecule has 0 unspecified atom stereocenters. The summed E-state index contributed by atoms with van der Waals surface area (Å²) in [6.45, 7) is -0.155. The fourth-order valence-electron chi connectivity index (χ4n) is 2.95. The van der Waals surface area contributed by atoms with Crippen LogP contribution in [0.5, 0.6) is 11.5 Å². The Balaban J connectivity index is 1.72. The third-order valence-corrected chi connectivity index (χ3v) is 4.73. The predicted octanol–water partition coefficient (Wildman–Crippen LogP) is 2.43. The van der Waals surface area contributed by atoms with Gasteiger partial charge < -0.3 is 30.2 Å². The summed E-state index contributed by atoms with van der Waals surface area (Å²) in [4.78, 5) is 37.1. The van der Waals surface area contributed by atoms with Gasteiger partial charge in [0.15, 0.2) is 11.5 Å². The molecule has 1 saturated carbocycles. The largest absolute Gasteiger partial charge is 0.493 e. The fourth-order valence-corrected chi connectivity index (χ4v) is 2.95. The molecule has 0 aromatic heterocycles. The highest BCUT2D eigenvalue weighted by molar-refractivity contribution is 6.05. The second-order valence-electron chi connectivity index (χ2n) is 6.94. The maximum atomic E-state index is 12.5. The summed E-state index contributed by atoms with van der Waals surface area (Å²) in [6, 6.07) is 10.0. The highest BCUT2D eigenvalue weighted by atomic mass is 16.5. The van der Waals surface area contributed by atoms with E-state index in [-0.39, 0.29) is 24.1 Å². The van der Waals surface area contributed by atoms with Crippen molar-refractivity contribution in [2.75, 3.05) is 38.5 Å². The van der Waals surface area contributed by atoms with E-state index in [0.717, 1.165) is 12.8 Å². The lowest BCUT2D eigenvalue weighted by atomic mass is 10.1. The molecule has 1 fully saturated rings. The van der Waals surface area contributed by atoms with E-state index in [1.54, 1.807) is 30.3 Å². The summed E-state index contributed by atoms with van der Waals surface area (Å²) in [5.74, 6) is -0.462. The van der Waals surface area contributed by atoms with E-state index in [1.807, 2.05) is 0 Å². The molecule has 164 valence electrons. The number of anilines is 2. The number of benzene rings is 2. The summed E-state index contributed by atoms with van der Waals surface area (Å²) in [5, 5.41) is 8.56. The van der Waals surface area contributed by atoms with E-state index >= 15 is 0 Å². The Hall–Kier alpha value is -3.75. The van der Waals surface area contributed by atoms with Crippen LogP contribution in [0, 0.1) is 0 Å². The van der Waals surface area contributed by atoms with Gasteiger partial charge >= 0.3 is 5.97 Å². The molecule has 0 heterocycles. The monoisotopic (exact) mass is 427 g/mol. The first-order chi connectivity index (χ1) is 15.0. The van der Waals surface area contributed by atoms with Gasteiger partial charge in [0, 0.05) is 18.2 Å². The Labute approximate surface area is 180 Å². The molecule has 0 atom stereocenters. The van der Waals surface area contributed by atoms with Crippen LogP contribution in [-0.4, -0.2) is 51.7 Å². The fraction of sp³-hybridized carbons (Fsp3) is 0.318. The molecule has 0 bridgehead atoms. The molecule has 0 spiro atoms. The summed E-state index contributed by atoms with van der Waals surface area (Å²) >= 11 is 0. The molecule has 0 aliphatic heterocycles. The molecule has 1 aliphatic carbocycles. The Bertz CT molecular complexity index is 987. The summed E-state index contributed by atoms with van der Waals surface area (Å²) in [7, 11) is 4.19. The molecule has 9 nitrogen and oxygen atoms in total. The highest BCUT2D eigenvalue weighted by Gasteiger charge is 2.25. The van der Waals surface area contributed by atoms with E-state index in [2.05, 4.69) is 16.0 Å². The minimum atomic E-state index is -0.592. The quantitative estimate of drug-likeness (QED) is 0.527. The number of carbonyl (C=O) groups is 3. The Morgan fingerprint density at radius 3 is 2.26 bits per heavy atom. The van der Waals surface area contributed by atoms with Gasteiger partial charge in [-0.15, -0.1) is 0 Å². The minimum absolute atomic E-state index is 0.155. The molecule has 3 rings (SSSR count). The molecule has 3 N–H and O–H groups in total. The lowest BCUT2D eigenvalue weighted by molar-refractivity contribution is -0.114. The van der Waals surface area contributed by atoms with Crippen molar-refractivity contribution in [1.29, 1.82) is 0 Å². The van der Waals surface area contributed by atoms with Gasteiger partial charge in [-0.2, -0.15) is 0 Å². The molecule has 2 aromatic rings. The van der Waals surface area contributed by atoms with Crippen molar-refractivity contribution in [3.8, 4) is 11.5 Å². The van der Waals surface area contributed by atoms with Gasteiger partial charge in [0.05, 0.1) is 50.4 Å². The first kappa shape index (κ1) is 21.9. The molecule has 2 aromatic carbocycles. The average molecular weight is 427 g/mol. The second kappa shape index (κ2) is 9.84. The van der Waals surface area contributed by atoms with E-state index < -0.39 is 11.9 Å². The number of carbonyl (C=O) groups excluding carboxylic acids is 3. The Morgan fingerprint density at radius 1 is 0.935 bits per heavy atom. The zero-order valence-electron chi connectivity index (χ0n) is 17.6. The van der Waals surface area contributed by atoms with Crippen LogP contribution in [0.25, 0.3) is 0 Å². The zero-order chi connectivity index (χ0) is 22.4. The molecule has 2 amide bonds. The Morgan fingerprint density at radius 2 is 1.61 bits per heavy atom. The van der Waals surface area contributed by atoms with Crippen molar-refractivity contribution < 1.29 is 28.6 Å². The molecule has 9 heteroatoms. The minimum Gasteiger partial charge on any atom is -0.493 e. The number of nitrogens with one attached hydrogen (secondary N) is 3. The number of hydrogen-bond donors (Lipinski definition) is 3. The average Bonchev–Trinajstić information content (AvgIpc) is 3.60. The Kier molecular flexibility index (Phi) is 6.96. The van der Waals surface area contributed by atoms with Crippen LogP contribution >= 0.6 is 0 Å². The zero-order valence-corrected chi connectivity index (χ0v) is 17.6. The van der Waals surface area contributed by atoms with Crippen molar-refractivity contribution >= 4 is 29.2 Å². The molecule has 0 radical (unpaired) electrons. The second-order valence-corrected chi connectivity index (χ2v) is 6.94. The topological polar surface area (TPSA) is 115 Å². The van der Waals surface area contributed by atoms with Crippen molar-refractivity contribution in [2.45, 2.75) is 18.9 Å². The standard InChI is InChI=1S/C22H25N3O6/c1-29-18-10-15(22(28)31-3)17(11-19(18)30-2)23-12-20(26)25-16-7-5-4-6-14(16)21(27)24-13-8-9-13/h4-7,10-11,13,23H,8-9,12H2,1-3H3,(H,24,27)(H,25,26). The summed E-state index contributed by atoms with van der Waals surface area (Å²) < 4.78 is 15.3. The third-order valence-electron chi connectivity index (χ3n) is 4.73. The number of rotatable bonds is 9. The highest BCUT2D eigenvalue weighted by Crippen LogP contribution is 2.33. The lowest BCUT2D eigenvalue weighted by Crippen LogP contribution is -2.28. The van der Waals surface area contributed by atoms with Crippen LogP contribution in [0.15, 0.2) is 36.4 Å². The predicted molar refractivity (Wildman–Crippen MR) is 115 cm³/mol. The van der Waals surface area contributed by atoms with Gasteiger partial charge in [-0.25, -0.2) is 4.79 Å². The lowest BCUT2D eigenvalue weighted by Gasteiger charge is -2.16.